The van der Waals surface area contributed by atoms with E-state index in [9.17, 15) is 0 Å². The summed E-state index contributed by atoms with van der Waals surface area (Å²) in [6.45, 7) is 13.5. The Balaban J connectivity index is 1.89. The number of guanidine groups is 1. The van der Waals surface area contributed by atoms with E-state index in [4.69, 9.17) is 4.42 Å². The molecule has 0 amide bonds. The molecule has 154 valence electrons. The summed E-state index contributed by atoms with van der Waals surface area (Å²) >= 11 is 0. The molecule has 28 heavy (non-hydrogen) atoms. The molecule has 6 heteroatoms. The van der Waals surface area contributed by atoms with Gasteiger partial charge in [-0.2, -0.15) is 0 Å². The molecule has 0 saturated carbocycles. The van der Waals surface area contributed by atoms with Crippen LogP contribution in [0.25, 0.3) is 0 Å². The van der Waals surface area contributed by atoms with Gasteiger partial charge in [0.2, 0.25) is 5.89 Å². The third-order valence-electron chi connectivity index (χ3n) is 4.60. The molecule has 0 spiro atoms. The van der Waals surface area contributed by atoms with Crippen molar-refractivity contribution in [2.45, 2.75) is 59.2 Å². The lowest BCUT2D eigenvalue weighted by molar-refractivity contribution is 0.249. The molecule has 0 bridgehead atoms. The molecule has 1 atom stereocenters. The molecule has 2 aromatic rings. The van der Waals surface area contributed by atoms with Crippen LogP contribution in [0, 0.1) is 0 Å². The molecule has 1 unspecified atom stereocenters. The maximum Gasteiger partial charge on any atom is 0.216 e. The second-order valence-corrected chi connectivity index (χ2v) is 8.19. The van der Waals surface area contributed by atoms with E-state index in [1.54, 1.807) is 6.20 Å². The Hall–Kier alpha value is -2.34. The highest BCUT2D eigenvalue weighted by Gasteiger charge is 2.19. The highest BCUT2D eigenvalue weighted by molar-refractivity contribution is 5.79. The molecule has 6 nitrogen and oxygen atoms in total. The van der Waals surface area contributed by atoms with Crippen molar-refractivity contribution in [1.29, 1.82) is 0 Å². The quantitative estimate of drug-likeness (QED) is 0.537. The van der Waals surface area contributed by atoms with Gasteiger partial charge in [0.1, 0.15) is 12.3 Å². The van der Waals surface area contributed by atoms with Gasteiger partial charge >= 0.3 is 0 Å². The Kier molecular flexibility index (Phi) is 8.05. The van der Waals surface area contributed by atoms with Crippen molar-refractivity contribution in [3.8, 4) is 0 Å². The molecule has 2 N–H and O–H groups in total. The molecule has 1 heterocycles. The Morgan fingerprint density at radius 2 is 1.93 bits per heavy atom. The number of hydrogen-bond donors (Lipinski definition) is 2. The summed E-state index contributed by atoms with van der Waals surface area (Å²) in [5, 5.41) is 6.71. The van der Waals surface area contributed by atoms with Crippen molar-refractivity contribution in [2.75, 3.05) is 20.1 Å². The van der Waals surface area contributed by atoms with Crippen LogP contribution < -0.4 is 10.6 Å². The van der Waals surface area contributed by atoms with E-state index in [2.05, 4.69) is 91.4 Å². The zero-order valence-corrected chi connectivity index (χ0v) is 18.1. The maximum atomic E-state index is 5.82. The highest BCUT2D eigenvalue weighted by Crippen LogP contribution is 2.22. The number of nitrogens with one attached hydrogen (secondary N) is 2. The monoisotopic (exact) mass is 385 g/mol. The van der Waals surface area contributed by atoms with Gasteiger partial charge in [-0.05, 0) is 26.5 Å². The maximum absolute atomic E-state index is 5.82. The summed E-state index contributed by atoms with van der Waals surface area (Å²) in [6, 6.07) is 10.9. The topological polar surface area (TPSA) is 65.7 Å². The SMILES string of the molecule is CCNC(=NCc1ncc(C(C)(C)C)o1)NCC(C)N(C)Cc1ccccc1. The molecule has 1 aromatic carbocycles. The first-order valence-corrected chi connectivity index (χ1v) is 10.0. The van der Waals surface area contributed by atoms with Crippen LogP contribution in [0.15, 0.2) is 45.9 Å². The van der Waals surface area contributed by atoms with Crippen LogP contribution in [0.5, 0.6) is 0 Å². The van der Waals surface area contributed by atoms with Gasteiger partial charge in [-0.3, -0.25) is 4.90 Å². The third kappa shape index (κ3) is 7.00. The minimum absolute atomic E-state index is 0.0452. The lowest BCUT2D eigenvalue weighted by atomic mass is 9.94. The van der Waals surface area contributed by atoms with Crippen LogP contribution in [0.2, 0.25) is 0 Å². The van der Waals surface area contributed by atoms with Gasteiger partial charge in [-0.15, -0.1) is 0 Å². The van der Waals surface area contributed by atoms with Crippen LogP contribution in [-0.4, -0.2) is 42.0 Å². The largest absolute Gasteiger partial charge is 0.443 e. The molecule has 1 aromatic heterocycles. The fourth-order valence-corrected chi connectivity index (χ4v) is 2.65. The van der Waals surface area contributed by atoms with E-state index in [1.165, 1.54) is 5.56 Å². The lowest BCUT2D eigenvalue weighted by Crippen LogP contribution is -2.44. The molecular formula is C22H35N5O. The van der Waals surface area contributed by atoms with Gasteiger partial charge < -0.3 is 15.1 Å². The smallest absolute Gasteiger partial charge is 0.216 e. The highest BCUT2D eigenvalue weighted by atomic mass is 16.4. The fraction of sp³-hybridized carbons (Fsp3) is 0.545. The standard InChI is InChI=1S/C22H35N5O/c1-7-23-21(26-15-20-24-14-19(28-20)22(3,4)5)25-13-17(2)27(6)16-18-11-9-8-10-12-18/h8-12,14,17H,7,13,15-16H2,1-6H3,(H2,23,25,26). The Bertz CT molecular complexity index is 733. The van der Waals surface area contributed by atoms with Crippen molar-refractivity contribution >= 4 is 5.96 Å². The summed E-state index contributed by atoms with van der Waals surface area (Å²) in [5.74, 6) is 2.29. The second-order valence-electron chi connectivity index (χ2n) is 8.19. The predicted molar refractivity (Wildman–Crippen MR) is 115 cm³/mol. The number of oxazole rings is 1. The lowest BCUT2D eigenvalue weighted by Gasteiger charge is -2.25. The first-order valence-electron chi connectivity index (χ1n) is 10.0. The molecule has 0 aliphatic carbocycles. The van der Waals surface area contributed by atoms with E-state index in [-0.39, 0.29) is 5.41 Å². The summed E-state index contributed by atoms with van der Waals surface area (Å²) in [6.07, 6.45) is 1.80. The average molecular weight is 386 g/mol. The number of likely N-dealkylation sites (N-methyl/N-ethyl adjacent to an activating group) is 1. The van der Waals surface area contributed by atoms with Crippen molar-refractivity contribution in [2.24, 2.45) is 4.99 Å². The molecule has 0 saturated heterocycles. The number of aromatic nitrogens is 1. The normalized spacial score (nSPS) is 13.6. The molecule has 0 aliphatic heterocycles. The Morgan fingerprint density at radius 1 is 1.21 bits per heavy atom. The van der Waals surface area contributed by atoms with Gasteiger partial charge in [0.05, 0.1) is 6.20 Å². The number of benzene rings is 1. The number of nitrogens with zero attached hydrogens (tertiary/aromatic N) is 3. The van der Waals surface area contributed by atoms with Crippen LogP contribution in [-0.2, 0) is 18.5 Å². The van der Waals surface area contributed by atoms with Crippen molar-refractivity contribution in [1.82, 2.24) is 20.5 Å². The first-order chi connectivity index (χ1) is 13.3. The molecule has 2 rings (SSSR count). The number of rotatable bonds is 8. The first kappa shape index (κ1) is 22.0. The van der Waals surface area contributed by atoms with E-state index < -0.39 is 0 Å². The zero-order valence-electron chi connectivity index (χ0n) is 18.1. The average Bonchev–Trinajstić information content (AvgIpc) is 3.14. The minimum atomic E-state index is -0.0452. The Morgan fingerprint density at radius 3 is 2.54 bits per heavy atom. The van der Waals surface area contributed by atoms with Gasteiger partial charge in [0, 0.05) is 31.1 Å². The molecule has 0 aliphatic rings. The van der Waals surface area contributed by atoms with Crippen LogP contribution in [0.4, 0.5) is 0 Å². The molecular weight excluding hydrogens is 350 g/mol. The van der Waals surface area contributed by atoms with E-state index >= 15 is 0 Å². The summed E-state index contributed by atoms with van der Waals surface area (Å²) in [7, 11) is 2.14. The third-order valence-corrected chi connectivity index (χ3v) is 4.60. The van der Waals surface area contributed by atoms with Crippen LogP contribution in [0.1, 0.15) is 51.8 Å². The zero-order chi connectivity index (χ0) is 20.6. The summed E-state index contributed by atoms with van der Waals surface area (Å²) < 4.78 is 5.82. The van der Waals surface area contributed by atoms with Gasteiger partial charge in [-0.1, -0.05) is 51.1 Å². The fourth-order valence-electron chi connectivity index (χ4n) is 2.65. The molecule has 0 fully saturated rings. The van der Waals surface area contributed by atoms with E-state index in [1.807, 2.05) is 6.07 Å². The minimum Gasteiger partial charge on any atom is -0.443 e. The Labute approximate surface area is 169 Å². The second kappa shape index (κ2) is 10.3. The molecule has 0 radical (unpaired) electrons. The van der Waals surface area contributed by atoms with Crippen molar-refractivity contribution in [3.05, 3.63) is 53.7 Å². The van der Waals surface area contributed by atoms with Crippen molar-refractivity contribution < 1.29 is 4.42 Å². The van der Waals surface area contributed by atoms with E-state index in [0.29, 0.717) is 18.5 Å². The number of aliphatic imine (C=N–C) groups is 1. The number of hydrogen-bond acceptors (Lipinski definition) is 4. The van der Waals surface area contributed by atoms with Crippen LogP contribution in [0.3, 0.4) is 0 Å². The predicted octanol–water partition coefficient (Wildman–Crippen LogP) is 3.55. The van der Waals surface area contributed by atoms with Gasteiger partial charge in [0.15, 0.2) is 5.96 Å². The summed E-state index contributed by atoms with van der Waals surface area (Å²) in [5.41, 5.74) is 1.27. The van der Waals surface area contributed by atoms with Crippen molar-refractivity contribution in [3.63, 3.8) is 0 Å². The van der Waals surface area contributed by atoms with Gasteiger partial charge in [-0.25, -0.2) is 9.98 Å². The van der Waals surface area contributed by atoms with Gasteiger partial charge in [0.25, 0.3) is 0 Å². The summed E-state index contributed by atoms with van der Waals surface area (Å²) in [4.78, 5) is 11.3. The van der Waals surface area contributed by atoms with Crippen LogP contribution >= 0.6 is 0 Å². The van der Waals surface area contributed by atoms with E-state index in [0.717, 1.165) is 31.4 Å².